The Balaban J connectivity index is 1.69. The van der Waals surface area contributed by atoms with Gasteiger partial charge in [-0.3, -0.25) is 4.79 Å². The fourth-order valence-corrected chi connectivity index (χ4v) is 3.02. The quantitative estimate of drug-likeness (QED) is 0.480. The summed E-state index contributed by atoms with van der Waals surface area (Å²) in [5.74, 6) is 0.907. The SMILES string of the molecule is Cc1ccc(-c2ccc(/C=C/C(=O)Nc3cc(Cl)cc(Cl)c3)o2)cc1Cl. The second-order valence-electron chi connectivity index (χ2n) is 5.65. The first-order valence-electron chi connectivity index (χ1n) is 7.72. The number of aryl methyl sites for hydroxylation is 1. The number of anilines is 1. The largest absolute Gasteiger partial charge is 0.457 e. The van der Waals surface area contributed by atoms with E-state index in [1.807, 2.05) is 31.2 Å². The number of nitrogens with one attached hydrogen (secondary N) is 1. The molecular weight excluding hydrogens is 393 g/mol. The highest BCUT2D eigenvalue weighted by atomic mass is 35.5. The van der Waals surface area contributed by atoms with Crippen molar-refractivity contribution in [1.29, 1.82) is 0 Å². The molecule has 3 nitrogen and oxygen atoms in total. The Morgan fingerprint density at radius 2 is 1.73 bits per heavy atom. The van der Waals surface area contributed by atoms with Crippen LogP contribution in [-0.4, -0.2) is 5.91 Å². The molecule has 0 saturated heterocycles. The minimum atomic E-state index is -0.320. The average Bonchev–Trinajstić information content (AvgIpc) is 3.03. The smallest absolute Gasteiger partial charge is 0.248 e. The van der Waals surface area contributed by atoms with Crippen LogP contribution in [0.5, 0.6) is 0 Å². The van der Waals surface area contributed by atoms with E-state index >= 15 is 0 Å². The molecule has 3 rings (SSSR count). The standard InChI is InChI=1S/C20H14Cl3NO2/c1-12-2-3-13(8-18(12)23)19-6-4-17(26-19)5-7-20(25)24-16-10-14(21)9-15(22)11-16/h2-11H,1H3,(H,24,25)/b7-5+. The van der Waals surface area contributed by atoms with Crippen LogP contribution in [0, 0.1) is 6.92 Å². The van der Waals surface area contributed by atoms with Gasteiger partial charge in [-0.25, -0.2) is 0 Å². The zero-order valence-electron chi connectivity index (χ0n) is 13.7. The topological polar surface area (TPSA) is 42.2 Å². The molecule has 0 unspecified atom stereocenters. The van der Waals surface area contributed by atoms with E-state index in [2.05, 4.69) is 5.32 Å². The number of benzene rings is 2. The van der Waals surface area contributed by atoms with Crippen molar-refractivity contribution in [2.45, 2.75) is 6.92 Å². The van der Waals surface area contributed by atoms with Crippen LogP contribution in [0.15, 0.2) is 59.0 Å². The van der Waals surface area contributed by atoms with Gasteiger partial charge in [0.15, 0.2) is 0 Å². The van der Waals surface area contributed by atoms with Crippen LogP contribution in [0.25, 0.3) is 17.4 Å². The molecule has 0 fully saturated rings. The summed E-state index contributed by atoms with van der Waals surface area (Å²) in [7, 11) is 0. The van der Waals surface area contributed by atoms with E-state index in [1.54, 1.807) is 30.3 Å². The van der Waals surface area contributed by atoms with E-state index in [1.165, 1.54) is 6.08 Å². The van der Waals surface area contributed by atoms with Crippen molar-refractivity contribution >= 4 is 52.5 Å². The third kappa shape index (κ3) is 4.70. The fraction of sp³-hybridized carbons (Fsp3) is 0.0500. The zero-order chi connectivity index (χ0) is 18.7. The fourth-order valence-electron chi connectivity index (χ4n) is 2.31. The summed E-state index contributed by atoms with van der Waals surface area (Å²) in [6.07, 6.45) is 2.96. The molecule has 0 aliphatic heterocycles. The van der Waals surface area contributed by atoms with E-state index in [4.69, 9.17) is 39.2 Å². The van der Waals surface area contributed by atoms with Gasteiger partial charge in [0.05, 0.1) is 0 Å². The van der Waals surface area contributed by atoms with E-state index in [0.29, 0.717) is 32.3 Å². The molecule has 0 bridgehead atoms. The van der Waals surface area contributed by atoms with Crippen LogP contribution in [0.3, 0.4) is 0 Å². The van der Waals surface area contributed by atoms with Crippen molar-refractivity contribution in [1.82, 2.24) is 0 Å². The van der Waals surface area contributed by atoms with E-state index in [0.717, 1.165) is 11.1 Å². The Hall–Kier alpha value is -2.20. The van der Waals surface area contributed by atoms with Gasteiger partial charge in [0, 0.05) is 32.4 Å². The van der Waals surface area contributed by atoms with E-state index in [-0.39, 0.29) is 5.91 Å². The second-order valence-corrected chi connectivity index (χ2v) is 6.93. The first-order valence-corrected chi connectivity index (χ1v) is 8.85. The molecule has 0 spiro atoms. The molecule has 6 heteroatoms. The van der Waals surface area contributed by atoms with Crippen LogP contribution >= 0.6 is 34.8 Å². The Bertz CT molecular complexity index is 972. The maximum absolute atomic E-state index is 12.0. The lowest BCUT2D eigenvalue weighted by Crippen LogP contribution is -2.07. The monoisotopic (exact) mass is 405 g/mol. The van der Waals surface area contributed by atoms with E-state index in [9.17, 15) is 4.79 Å². The number of halogens is 3. The molecule has 1 N–H and O–H groups in total. The maximum Gasteiger partial charge on any atom is 0.248 e. The summed E-state index contributed by atoms with van der Waals surface area (Å²) in [4.78, 5) is 12.0. The van der Waals surface area contributed by atoms with Gasteiger partial charge < -0.3 is 9.73 Å². The predicted molar refractivity (Wildman–Crippen MR) is 108 cm³/mol. The molecule has 3 aromatic rings. The Kier molecular flexibility index (Phi) is 5.72. The zero-order valence-corrected chi connectivity index (χ0v) is 16.0. The van der Waals surface area contributed by atoms with Crippen molar-refractivity contribution in [2.75, 3.05) is 5.32 Å². The Labute approximate surface area is 166 Å². The van der Waals surface area contributed by atoms with Gasteiger partial charge in [0.1, 0.15) is 11.5 Å². The number of carbonyl (C=O) groups is 1. The van der Waals surface area contributed by atoms with Gasteiger partial charge in [0.2, 0.25) is 5.91 Å². The highest BCUT2D eigenvalue weighted by Gasteiger charge is 2.06. The van der Waals surface area contributed by atoms with Crippen LogP contribution in [-0.2, 0) is 4.79 Å². The van der Waals surface area contributed by atoms with Gasteiger partial charge in [-0.1, -0.05) is 46.9 Å². The number of rotatable bonds is 4. The summed E-state index contributed by atoms with van der Waals surface area (Å²) in [6.45, 7) is 1.94. The number of carbonyl (C=O) groups excluding carboxylic acids is 1. The molecule has 1 heterocycles. The Morgan fingerprint density at radius 3 is 2.42 bits per heavy atom. The first kappa shape index (κ1) is 18.6. The molecule has 132 valence electrons. The third-order valence-corrected chi connectivity index (χ3v) is 4.46. The molecule has 0 aliphatic carbocycles. The maximum atomic E-state index is 12.0. The summed E-state index contributed by atoms with van der Waals surface area (Å²) < 4.78 is 5.74. The number of hydrogen-bond acceptors (Lipinski definition) is 2. The molecule has 2 aromatic carbocycles. The minimum absolute atomic E-state index is 0.320. The molecule has 0 atom stereocenters. The summed E-state index contributed by atoms with van der Waals surface area (Å²) in [6, 6.07) is 14.1. The number of furan rings is 1. The lowest BCUT2D eigenvalue weighted by Gasteiger charge is -2.03. The molecule has 1 amide bonds. The normalized spacial score (nSPS) is 11.1. The van der Waals surface area contributed by atoms with Gasteiger partial charge in [-0.2, -0.15) is 0 Å². The molecule has 0 aliphatic rings. The van der Waals surface area contributed by atoms with Crippen LogP contribution in [0.4, 0.5) is 5.69 Å². The summed E-state index contributed by atoms with van der Waals surface area (Å²) >= 11 is 18.0. The average molecular weight is 407 g/mol. The van der Waals surface area contributed by atoms with Crippen LogP contribution in [0.2, 0.25) is 15.1 Å². The lowest BCUT2D eigenvalue weighted by molar-refractivity contribution is -0.111. The lowest BCUT2D eigenvalue weighted by atomic mass is 10.1. The van der Waals surface area contributed by atoms with Crippen LogP contribution < -0.4 is 5.32 Å². The minimum Gasteiger partial charge on any atom is -0.457 e. The van der Waals surface area contributed by atoms with Crippen molar-refractivity contribution in [3.63, 3.8) is 0 Å². The summed E-state index contributed by atoms with van der Waals surface area (Å²) in [5, 5.41) is 4.27. The van der Waals surface area contributed by atoms with E-state index < -0.39 is 0 Å². The molecule has 1 aromatic heterocycles. The third-order valence-electron chi connectivity index (χ3n) is 3.61. The highest BCUT2D eigenvalue weighted by Crippen LogP contribution is 2.27. The highest BCUT2D eigenvalue weighted by molar-refractivity contribution is 6.35. The van der Waals surface area contributed by atoms with Gasteiger partial charge in [0.25, 0.3) is 0 Å². The Morgan fingerprint density at radius 1 is 1.00 bits per heavy atom. The molecule has 0 radical (unpaired) electrons. The first-order chi connectivity index (χ1) is 12.4. The van der Waals surface area contributed by atoms with Gasteiger partial charge >= 0.3 is 0 Å². The second kappa shape index (κ2) is 8.00. The molecule has 26 heavy (non-hydrogen) atoms. The summed E-state index contributed by atoms with van der Waals surface area (Å²) in [5.41, 5.74) is 2.39. The van der Waals surface area contributed by atoms with Crippen molar-refractivity contribution in [2.24, 2.45) is 0 Å². The number of amides is 1. The van der Waals surface area contributed by atoms with Gasteiger partial charge in [-0.15, -0.1) is 0 Å². The predicted octanol–water partition coefficient (Wildman–Crippen LogP) is 6.87. The van der Waals surface area contributed by atoms with Crippen molar-refractivity contribution in [3.05, 3.63) is 81.0 Å². The van der Waals surface area contributed by atoms with Crippen molar-refractivity contribution in [3.8, 4) is 11.3 Å². The van der Waals surface area contributed by atoms with Crippen LogP contribution in [0.1, 0.15) is 11.3 Å². The molecule has 0 saturated carbocycles. The van der Waals surface area contributed by atoms with Crippen molar-refractivity contribution < 1.29 is 9.21 Å². The molecular formula is C20H14Cl3NO2. The number of hydrogen-bond donors (Lipinski definition) is 1. The van der Waals surface area contributed by atoms with Gasteiger partial charge in [-0.05, 0) is 55.0 Å².